The molecule has 1 aliphatic rings. The molecule has 0 bridgehead atoms. The van der Waals surface area contributed by atoms with Crippen molar-refractivity contribution in [3.05, 3.63) is 0 Å². The molecule has 0 saturated heterocycles. The van der Waals surface area contributed by atoms with Crippen molar-refractivity contribution in [3.63, 3.8) is 0 Å². The van der Waals surface area contributed by atoms with E-state index in [0.717, 1.165) is 12.8 Å². The quantitative estimate of drug-likeness (QED) is 0.0949. The van der Waals surface area contributed by atoms with Crippen LogP contribution in [0.1, 0.15) is 25.7 Å². The van der Waals surface area contributed by atoms with Crippen molar-refractivity contribution in [2.24, 2.45) is 11.5 Å². The third-order valence-corrected chi connectivity index (χ3v) is 4.68. The molecule has 10 atom stereocenters. The molecule has 0 aliphatic heterocycles. The minimum atomic E-state index is -2.36. The number of carbonyl (C=O) groups is 4. The molecule has 0 radical (unpaired) electrons. The third kappa shape index (κ3) is 14.7. The summed E-state index contributed by atoms with van der Waals surface area (Å²) < 4.78 is 0. The third-order valence-electron chi connectivity index (χ3n) is 4.68. The summed E-state index contributed by atoms with van der Waals surface area (Å²) in [5.41, 5.74) is 11.3. The van der Waals surface area contributed by atoms with Crippen LogP contribution in [0.3, 0.4) is 0 Å². The molecular weight excluding hydrogens is 663 g/mol. The minimum Gasteiger partial charge on any atom is -0.547 e. The maximum atomic E-state index is 9.95. The molecule has 0 aromatic heterocycles. The molecule has 17 heteroatoms. The van der Waals surface area contributed by atoms with E-state index in [-0.39, 0.29) is 45.7 Å². The molecule has 0 amide bonds. The molecule has 0 heterocycles. The number of aliphatic hydroxyl groups is 8. The van der Waals surface area contributed by atoms with Crippen molar-refractivity contribution in [2.75, 3.05) is 0 Å². The van der Waals surface area contributed by atoms with Crippen molar-refractivity contribution in [3.8, 4) is 0 Å². The van der Waals surface area contributed by atoms with Gasteiger partial charge in [-0.1, -0.05) is 12.8 Å². The Hall–Kier alpha value is -1.43. The van der Waals surface area contributed by atoms with Crippen molar-refractivity contribution in [1.82, 2.24) is 0 Å². The van der Waals surface area contributed by atoms with Gasteiger partial charge in [0.05, 0.1) is 11.9 Å². The summed E-state index contributed by atoms with van der Waals surface area (Å²) in [6.45, 7) is 0. The minimum absolute atomic E-state index is 0. The van der Waals surface area contributed by atoms with E-state index in [9.17, 15) is 29.4 Å². The first kappa shape index (κ1) is 38.1. The summed E-state index contributed by atoms with van der Waals surface area (Å²) in [4.78, 5) is 39.7. The van der Waals surface area contributed by atoms with Crippen molar-refractivity contribution in [2.45, 2.75) is 86.6 Å². The Bertz CT molecular complexity index is 578. The number of hydrogen-bond donors (Lipinski definition) is 10. The van der Waals surface area contributed by atoms with E-state index < -0.39 is 60.8 Å². The zero-order valence-electron chi connectivity index (χ0n) is 18.3. The van der Waals surface area contributed by atoms with Gasteiger partial charge in [0.15, 0.2) is 12.6 Å². The van der Waals surface area contributed by atoms with E-state index in [0.29, 0.717) is 0 Å². The van der Waals surface area contributed by atoms with E-state index in [2.05, 4.69) is 0 Å². The predicted molar refractivity (Wildman–Crippen MR) is 105 cm³/mol. The van der Waals surface area contributed by atoms with Gasteiger partial charge in [-0.05, 0) is 12.8 Å². The Morgan fingerprint density at radius 2 is 0.914 bits per heavy atom. The zero-order chi connectivity index (χ0) is 27.2. The normalized spacial score (nSPS) is 23.9. The summed E-state index contributed by atoms with van der Waals surface area (Å²) >= 11 is 0. The topological polar surface area (TPSA) is 328 Å². The molecule has 208 valence electrons. The SMILES string of the molecule is NC1CCCCC1N.O=CC(O)C(O)C(O)C(O)C(=O)[O-].O=CC(O)C(O)C(O)C(O)C(=O)[O-].[Pt+2]. The van der Waals surface area contributed by atoms with Crippen LogP contribution >= 0.6 is 0 Å². The Morgan fingerprint density at radius 3 is 1.09 bits per heavy atom. The van der Waals surface area contributed by atoms with E-state index in [1.54, 1.807) is 0 Å². The Morgan fingerprint density at radius 1 is 0.657 bits per heavy atom. The summed E-state index contributed by atoms with van der Waals surface area (Å²) in [6.07, 6.45) is -12.5. The Balaban J connectivity index is -0.000000444. The second-order valence-electron chi connectivity index (χ2n) is 7.36. The van der Waals surface area contributed by atoms with Crippen molar-refractivity contribution in [1.29, 1.82) is 0 Å². The predicted octanol–water partition coefficient (Wildman–Crippen LogP) is -9.03. The number of carboxylic acid groups (broad SMARTS) is 2. The van der Waals surface area contributed by atoms with Gasteiger partial charge in [-0.2, -0.15) is 0 Å². The van der Waals surface area contributed by atoms with Crippen LogP contribution in [0.25, 0.3) is 0 Å². The fourth-order valence-corrected chi connectivity index (χ4v) is 2.41. The van der Waals surface area contributed by atoms with Gasteiger partial charge >= 0.3 is 21.1 Å². The molecule has 10 unspecified atom stereocenters. The molecule has 35 heavy (non-hydrogen) atoms. The van der Waals surface area contributed by atoms with E-state index in [1.807, 2.05) is 0 Å². The summed E-state index contributed by atoms with van der Waals surface area (Å²) in [5.74, 6) is -4.02. The van der Waals surface area contributed by atoms with Crippen LogP contribution in [-0.4, -0.2) is 126 Å². The van der Waals surface area contributed by atoms with E-state index >= 15 is 0 Å². The van der Waals surface area contributed by atoms with Gasteiger partial charge in [0, 0.05) is 12.1 Å². The second-order valence-corrected chi connectivity index (χ2v) is 7.36. The number of hydrogen-bond acceptors (Lipinski definition) is 16. The maximum Gasteiger partial charge on any atom is 2.00 e. The standard InChI is InChI=1S/C6H14N2.2C6H10O7.Pt/c7-5-3-1-2-4-6(5)8;2*7-1-2(8)3(9)4(10)5(11)6(12)13;/h5-6H,1-4,7-8H2;2*1-5,8-11H,(H,12,13);/q;;;+2/p-2. The molecule has 12 N–H and O–H groups in total. The number of rotatable bonds is 10. The number of aliphatic hydroxyl groups excluding tert-OH is 8. The van der Waals surface area contributed by atoms with Crippen LogP contribution in [0.2, 0.25) is 0 Å². The smallest absolute Gasteiger partial charge is 0.547 e. The maximum absolute atomic E-state index is 9.95. The monoisotopic (exact) mass is 695 g/mol. The van der Waals surface area contributed by atoms with Gasteiger partial charge in [0.1, 0.15) is 48.8 Å². The first-order valence-electron chi connectivity index (χ1n) is 9.91. The van der Waals surface area contributed by atoms with Gasteiger partial charge in [0.25, 0.3) is 0 Å². The molecule has 1 saturated carbocycles. The second kappa shape index (κ2) is 19.7. The van der Waals surface area contributed by atoms with Crippen LogP contribution in [0.4, 0.5) is 0 Å². The first-order chi connectivity index (χ1) is 15.6. The number of nitrogens with two attached hydrogens (primary N) is 2. The van der Waals surface area contributed by atoms with Crippen LogP contribution in [-0.2, 0) is 40.2 Å². The summed E-state index contributed by atoms with van der Waals surface area (Å²) in [7, 11) is 0. The number of aldehydes is 2. The number of aliphatic carboxylic acids is 2. The Labute approximate surface area is 214 Å². The molecule has 1 fully saturated rings. The zero-order valence-corrected chi connectivity index (χ0v) is 20.5. The number of carboxylic acids is 2. The molecule has 0 aromatic rings. The molecular formula is C18H32N2O14Pt. The number of carbonyl (C=O) groups excluding carboxylic acids is 4. The van der Waals surface area contributed by atoms with Gasteiger partial charge in [-0.3, -0.25) is 0 Å². The fourth-order valence-electron chi connectivity index (χ4n) is 2.41. The van der Waals surface area contributed by atoms with Gasteiger partial charge < -0.3 is 81.7 Å². The van der Waals surface area contributed by atoms with Gasteiger partial charge in [-0.25, -0.2) is 0 Å². The van der Waals surface area contributed by atoms with Crippen LogP contribution in [0.15, 0.2) is 0 Å². The molecule has 0 spiro atoms. The summed E-state index contributed by atoms with van der Waals surface area (Å²) in [5, 5.41) is 89.7. The average Bonchev–Trinajstić information content (AvgIpc) is 2.82. The van der Waals surface area contributed by atoms with E-state index in [1.165, 1.54) is 12.8 Å². The van der Waals surface area contributed by atoms with Crippen molar-refractivity contribution >= 4 is 24.5 Å². The van der Waals surface area contributed by atoms with Crippen LogP contribution in [0.5, 0.6) is 0 Å². The molecule has 16 nitrogen and oxygen atoms in total. The van der Waals surface area contributed by atoms with Crippen LogP contribution in [0, 0.1) is 0 Å². The molecule has 1 rings (SSSR count). The van der Waals surface area contributed by atoms with Gasteiger partial charge in [-0.15, -0.1) is 0 Å². The largest absolute Gasteiger partial charge is 2.00 e. The summed E-state index contributed by atoms with van der Waals surface area (Å²) in [6, 6.07) is 0.562. The van der Waals surface area contributed by atoms with Crippen LogP contribution < -0.4 is 21.7 Å². The first-order valence-corrected chi connectivity index (χ1v) is 9.91. The van der Waals surface area contributed by atoms with E-state index in [4.69, 9.17) is 52.3 Å². The fraction of sp³-hybridized carbons (Fsp3) is 0.778. The van der Waals surface area contributed by atoms with Crippen molar-refractivity contribution < 1.29 is 91.3 Å². The van der Waals surface area contributed by atoms with Gasteiger partial charge in [0.2, 0.25) is 0 Å². The molecule has 0 aromatic carbocycles. The molecule has 1 aliphatic carbocycles. The average molecular weight is 696 g/mol. The Kier molecular flexibility index (Phi) is 21.5.